The van der Waals surface area contributed by atoms with Gasteiger partial charge in [0.05, 0.1) is 6.61 Å². The van der Waals surface area contributed by atoms with E-state index in [0.717, 1.165) is 45.4 Å². The molecule has 1 fully saturated rings. The van der Waals surface area contributed by atoms with E-state index < -0.39 is 12.8 Å². The van der Waals surface area contributed by atoms with Crippen LogP contribution in [0.15, 0.2) is 0 Å². The maximum Gasteiger partial charge on any atom is 0.411 e. The van der Waals surface area contributed by atoms with E-state index in [2.05, 4.69) is 21.9 Å². The number of alkyl halides is 3. The molecule has 0 aliphatic carbocycles. The number of hydrogen-bond acceptors (Lipinski definition) is 3. The first-order valence-electron chi connectivity index (χ1n) is 7.09. The minimum absolute atomic E-state index is 0.165. The highest BCUT2D eigenvalue weighted by Crippen LogP contribution is 2.17. The first-order valence-corrected chi connectivity index (χ1v) is 7.09. The van der Waals surface area contributed by atoms with Gasteiger partial charge < -0.3 is 15.0 Å². The third kappa shape index (κ3) is 8.44. The molecule has 0 amide bonds. The smallest absolute Gasteiger partial charge is 0.371 e. The van der Waals surface area contributed by atoms with Crippen LogP contribution in [-0.4, -0.2) is 57.0 Å². The zero-order valence-electron chi connectivity index (χ0n) is 11.6. The Morgan fingerprint density at radius 1 is 1.26 bits per heavy atom. The molecule has 1 rings (SSSR count). The van der Waals surface area contributed by atoms with Crippen LogP contribution < -0.4 is 5.32 Å². The predicted molar refractivity (Wildman–Crippen MR) is 69.2 cm³/mol. The van der Waals surface area contributed by atoms with Gasteiger partial charge in [0, 0.05) is 6.54 Å². The van der Waals surface area contributed by atoms with E-state index in [1.165, 1.54) is 0 Å². The van der Waals surface area contributed by atoms with Gasteiger partial charge in [-0.2, -0.15) is 13.2 Å². The van der Waals surface area contributed by atoms with Crippen molar-refractivity contribution in [2.75, 3.05) is 45.9 Å². The second-order valence-electron chi connectivity index (χ2n) is 5.16. The maximum absolute atomic E-state index is 11.9. The summed E-state index contributed by atoms with van der Waals surface area (Å²) in [5.41, 5.74) is 0. The topological polar surface area (TPSA) is 24.5 Å². The summed E-state index contributed by atoms with van der Waals surface area (Å²) in [6.45, 7) is 5.84. The van der Waals surface area contributed by atoms with Crippen LogP contribution >= 0.6 is 0 Å². The van der Waals surface area contributed by atoms with E-state index >= 15 is 0 Å². The summed E-state index contributed by atoms with van der Waals surface area (Å²) in [6.07, 6.45) is -0.820. The average molecular weight is 282 g/mol. The SMILES string of the molecule is CCCNCC1CCN(CCOCC(F)(F)F)CC1. The van der Waals surface area contributed by atoms with Crippen molar-refractivity contribution < 1.29 is 17.9 Å². The third-order valence-corrected chi connectivity index (χ3v) is 3.38. The van der Waals surface area contributed by atoms with Crippen molar-refractivity contribution in [2.24, 2.45) is 5.92 Å². The summed E-state index contributed by atoms with van der Waals surface area (Å²) < 4.78 is 40.3. The van der Waals surface area contributed by atoms with Gasteiger partial charge in [-0.25, -0.2) is 0 Å². The Labute approximate surface area is 113 Å². The van der Waals surface area contributed by atoms with E-state index in [9.17, 15) is 13.2 Å². The van der Waals surface area contributed by atoms with Gasteiger partial charge in [-0.3, -0.25) is 0 Å². The molecule has 1 aliphatic heterocycles. The van der Waals surface area contributed by atoms with Crippen LogP contribution in [0.3, 0.4) is 0 Å². The van der Waals surface area contributed by atoms with E-state index in [-0.39, 0.29) is 6.61 Å². The number of likely N-dealkylation sites (tertiary alicyclic amines) is 1. The molecule has 6 heteroatoms. The molecule has 0 unspecified atom stereocenters. The predicted octanol–water partition coefficient (Wildman–Crippen LogP) is 2.28. The molecule has 1 N–H and O–H groups in total. The van der Waals surface area contributed by atoms with Crippen molar-refractivity contribution in [3.8, 4) is 0 Å². The number of halogens is 3. The first kappa shape index (κ1) is 16.7. The molecule has 1 heterocycles. The van der Waals surface area contributed by atoms with Crippen LogP contribution in [0.5, 0.6) is 0 Å². The summed E-state index contributed by atoms with van der Waals surface area (Å²) >= 11 is 0. The van der Waals surface area contributed by atoms with Gasteiger partial charge in [0.25, 0.3) is 0 Å². The van der Waals surface area contributed by atoms with Gasteiger partial charge in [0.1, 0.15) is 6.61 Å². The van der Waals surface area contributed by atoms with E-state index in [1.807, 2.05) is 0 Å². The van der Waals surface area contributed by atoms with Crippen LogP contribution in [0.2, 0.25) is 0 Å². The Morgan fingerprint density at radius 2 is 1.95 bits per heavy atom. The van der Waals surface area contributed by atoms with E-state index in [1.54, 1.807) is 0 Å². The largest absolute Gasteiger partial charge is 0.411 e. The molecule has 1 aliphatic rings. The number of hydrogen-bond donors (Lipinski definition) is 1. The lowest BCUT2D eigenvalue weighted by atomic mass is 9.97. The fourth-order valence-corrected chi connectivity index (χ4v) is 2.28. The number of nitrogens with zero attached hydrogens (tertiary/aromatic N) is 1. The van der Waals surface area contributed by atoms with Crippen molar-refractivity contribution >= 4 is 0 Å². The number of ether oxygens (including phenoxy) is 1. The molecule has 0 aromatic rings. The summed E-state index contributed by atoms with van der Waals surface area (Å²) in [6, 6.07) is 0. The number of rotatable bonds is 8. The second-order valence-corrected chi connectivity index (χ2v) is 5.16. The first-order chi connectivity index (χ1) is 9.01. The standard InChI is InChI=1S/C13H25F3N2O/c1-2-5-17-10-12-3-6-18(7-4-12)8-9-19-11-13(14,15)16/h12,17H,2-11H2,1H3. The molecule has 0 radical (unpaired) electrons. The molecule has 114 valence electrons. The van der Waals surface area contributed by atoms with Crippen molar-refractivity contribution in [3.63, 3.8) is 0 Å². The lowest BCUT2D eigenvalue weighted by molar-refractivity contribution is -0.174. The molecule has 3 nitrogen and oxygen atoms in total. The van der Waals surface area contributed by atoms with Gasteiger partial charge in [-0.15, -0.1) is 0 Å². The second kappa shape index (κ2) is 8.76. The normalized spacial score (nSPS) is 18.9. The summed E-state index contributed by atoms with van der Waals surface area (Å²) in [5, 5.41) is 3.42. The molecular weight excluding hydrogens is 257 g/mol. The minimum Gasteiger partial charge on any atom is -0.371 e. The zero-order chi connectivity index (χ0) is 14.1. The molecule has 0 saturated carbocycles. The van der Waals surface area contributed by atoms with Crippen molar-refractivity contribution in [1.29, 1.82) is 0 Å². The Bertz CT molecular complexity index is 228. The van der Waals surface area contributed by atoms with Gasteiger partial charge >= 0.3 is 6.18 Å². The monoisotopic (exact) mass is 282 g/mol. The van der Waals surface area contributed by atoms with Crippen molar-refractivity contribution in [1.82, 2.24) is 10.2 Å². The molecule has 0 aromatic carbocycles. The van der Waals surface area contributed by atoms with Crippen LogP contribution in [-0.2, 0) is 4.74 Å². The van der Waals surface area contributed by atoms with Crippen LogP contribution in [0.1, 0.15) is 26.2 Å². The zero-order valence-corrected chi connectivity index (χ0v) is 11.6. The Hall–Kier alpha value is -0.330. The van der Waals surface area contributed by atoms with Gasteiger partial charge in [0.2, 0.25) is 0 Å². The van der Waals surface area contributed by atoms with Crippen LogP contribution in [0.25, 0.3) is 0 Å². The Morgan fingerprint density at radius 3 is 2.53 bits per heavy atom. The Kier molecular flexibility index (Phi) is 7.71. The fourth-order valence-electron chi connectivity index (χ4n) is 2.28. The van der Waals surface area contributed by atoms with E-state index in [4.69, 9.17) is 0 Å². The highest BCUT2D eigenvalue weighted by atomic mass is 19.4. The summed E-state index contributed by atoms with van der Waals surface area (Å²) in [5.74, 6) is 0.707. The molecule has 0 atom stereocenters. The van der Waals surface area contributed by atoms with E-state index in [0.29, 0.717) is 12.5 Å². The molecule has 1 saturated heterocycles. The summed E-state index contributed by atoms with van der Waals surface area (Å²) in [7, 11) is 0. The van der Waals surface area contributed by atoms with Gasteiger partial charge in [-0.05, 0) is 51.4 Å². The highest BCUT2D eigenvalue weighted by molar-refractivity contribution is 4.73. The quantitative estimate of drug-likeness (QED) is 0.691. The molecule has 19 heavy (non-hydrogen) atoms. The maximum atomic E-state index is 11.9. The molecule has 0 spiro atoms. The average Bonchev–Trinajstić information content (AvgIpc) is 2.36. The van der Waals surface area contributed by atoms with Gasteiger partial charge in [0.15, 0.2) is 0 Å². The summed E-state index contributed by atoms with van der Waals surface area (Å²) in [4.78, 5) is 2.19. The van der Waals surface area contributed by atoms with Crippen molar-refractivity contribution in [3.05, 3.63) is 0 Å². The van der Waals surface area contributed by atoms with Gasteiger partial charge in [-0.1, -0.05) is 6.92 Å². The molecule has 0 aromatic heterocycles. The lowest BCUT2D eigenvalue weighted by Gasteiger charge is -2.32. The number of nitrogens with one attached hydrogen (secondary N) is 1. The fraction of sp³-hybridized carbons (Fsp3) is 1.00. The van der Waals surface area contributed by atoms with Crippen LogP contribution in [0, 0.1) is 5.92 Å². The number of piperidine rings is 1. The lowest BCUT2D eigenvalue weighted by Crippen LogP contribution is -2.39. The minimum atomic E-state index is -4.21. The Balaban J connectivity index is 2.00. The molecule has 0 bridgehead atoms. The van der Waals surface area contributed by atoms with Crippen LogP contribution in [0.4, 0.5) is 13.2 Å². The third-order valence-electron chi connectivity index (χ3n) is 3.38. The highest BCUT2D eigenvalue weighted by Gasteiger charge is 2.27. The van der Waals surface area contributed by atoms with Crippen molar-refractivity contribution in [2.45, 2.75) is 32.4 Å². The molecular formula is C13H25F3N2O.